The zero-order valence-corrected chi connectivity index (χ0v) is 21.2. The van der Waals surface area contributed by atoms with Gasteiger partial charge in [0.1, 0.15) is 0 Å². The van der Waals surface area contributed by atoms with E-state index in [4.69, 9.17) is 0 Å². The second-order valence-corrected chi connectivity index (χ2v) is 12.8. The summed E-state index contributed by atoms with van der Waals surface area (Å²) in [4.78, 5) is 0. The highest BCUT2D eigenvalue weighted by molar-refractivity contribution is 5.13. The summed E-state index contributed by atoms with van der Waals surface area (Å²) in [6.45, 7) is 6.37. The molecule has 10 atom stereocenters. The van der Waals surface area contributed by atoms with Gasteiger partial charge in [-0.3, -0.25) is 0 Å². The third kappa shape index (κ3) is 4.33. The Balaban J connectivity index is 1.49. The van der Waals surface area contributed by atoms with Gasteiger partial charge < -0.3 is 15.3 Å². The van der Waals surface area contributed by atoms with E-state index in [1.165, 1.54) is 0 Å². The summed E-state index contributed by atoms with van der Waals surface area (Å²) < 4.78 is 78.1. The second kappa shape index (κ2) is 9.15. The van der Waals surface area contributed by atoms with Crippen LogP contribution in [0.3, 0.4) is 0 Å². The Bertz CT molecular complexity index is 826. The minimum Gasteiger partial charge on any atom is -0.393 e. The lowest BCUT2D eigenvalue weighted by Gasteiger charge is -2.62. The smallest absolute Gasteiger partial charge is 0.393 e. The first-order chi connectivity index (χ1) is 16.5. The van der Waals surface area contributed by atoms with E-state index in [2.05, 4.69) is 13.8 Å². The van der Waals surface area contributed by atoms with E-state index in [9.17, 15) is 41.7 Å². The largest absolute Gasteiger partial charge is 0.429 e. The second-order valence-electron chi connectivity index (χ2n) is 12.8. The van der Waals surface area contributed by atoms with Crippen LogP contribution in [0.2, 0.25) is 0 Å². The van der Waals surface area contributed by atoms with Crippen LogP contribution in [0.4, 0.5) is 26.3 Å². The van der Waals surface area contributed by atoms with Crippen molar-refractivity contribution < 1.29 is 41.7 Å². The number of rotatable bonds is 4. The van der Waals surface area contributed by atoms with Gasteiger partial charge in [0.25, 0.3) is 5.60 Å². The molecule has 0 aliphatic heterocycles. The Kier molecular flexibility index (Phi) is 7.17. The highest BCUT2D eigenvalue weighted by Gasteiger charge is 2.69. The Labute approximate surface area is 209 Å². The van der Waals surface area contributed by atoms with Gasteiger partial charge >= 0.3 is 12.4 Å². The van der Waals surface area contributed by atoms with Crippen molar-refractivity contribution in [3.63, 3.8) is 0 Å². The van der Waals surface area contributed by atoms with E-state index in [1.807, 2.05) is 6.92 Å². The number of alkyl halides is 6. The Hall–Kier alpha value is -0.800. The number of hydrogen-bond donors (Lipinski definition) is 3. The van der Waals surface area contributed by atoms with E-state index >= 15 is 0 Å². The fraction of sp³-hybridized carbons (Fsp3) is 0.926. The standard InChI is InChI=1S/C27H40F6O3/c1-15(5-4-10-25(36,26(28,29)30)27(31,32)33)18-6-7-19-17-14-22(35)21-13-16(34)8-11-24(21,3)20(17)9-12-23(18,19)2/h4,10,15-22,34-36H,5-9,11-14H2,1-3H3/b10-4+/t15?,16-,17?,18?,19?,20?,21+,22+,23?,24?/m1/s1. The third-order valence-corrected chi connectivity index (χ3v) is 11.1. The summed E-state index contributed by atoms with van der Waals surface area (Å²) in [5.74, 6) is 1.25. The van der Waals surface area contributed by atoms with Crippen molar-refractivity contribution in [2.45, 2.75) is 109 Å². The van der Waals surface area contributed by atoms with Crippen LogP contribution in [0.5, 0.6) is 0 Å². The Morgan fingerprint density at radius 2 is 1.42 bits per heavy atom. The van der Waals surface area contributed by atoms with Crippen molar-refractivity contribution in [2.24, 2.45) is 46.3 Å². The van der Waals surface area contributed by atoms with Gasteiger partial charge in [0.05, 0.1) is 12.2 Å². The topological polar surface area (TPSA) is 60.7 Å². The van der Waals surface area contributed by atoms with E-state index in [0.29, 0.717) is 30.6 Å². The maximum atomic E-state index is 13.0. The van der Waals surface area contributed by atoms with Crippen molar-refractivity contribution in [2.75, 3.05) is 0 Å². The van der Waals surface area contributed by atoms with Crippen LogP contribution in [-0.4, -0.2) is 45.5 Å². The number of aliphatic hydroxyl groups excluding tert-OH is 2. The third-order valence-electron chi connectivity index (χ3n) is 11.1. The molecule has 36 heavy (non-hydrogen) atoms. The summed E-state index contributed by atoms with van der Waals surface area (Å²) >= 11 is 0. The molecular weight excluding hydrogens is 486 g/mol. The molecule has 0 heterocycles. The van der Waals surface area contributed by atoms with Crippen LogP contribution in [0.1, 0.15) is 78.6 Å². The van der Waals surface area contributed by atoms with Crippen molar-refractivity contribution >= 4 is 0 Å². The first-order valence-corrected chi connectivity index (χ1v) is 13.4. The molecule has 0 aromatic carbocycles. The lowest BCUT2D eigenvalue weighted by molar-refractivity contribution is -0.347. The van der Waals surface area contributed by atoms with E-state index in [0.717, 1.165) is 44.6 Å². The molecule has 0 amide bonds. The molecule has 3 nitrogen and oxygen atoms in total. The summed E-state index contributed by atoms with van der Waals surface area (Å²) in [5.41, 5.74) is -4.96. The highest BCUT2D eigenvalue weighted by atomic mass is 19.4. The number of fused-ring (bicyclic) bond motifs is 5. The molecule has 0 radical (unpaired) electrons. The molecule has 208 valence electrons. The maximum Gasteiger partial charge on any atom is 0.429 e. The van der Waals surface area contributed by atoms with Crippen LogP contribution in [0.15, 0.2) is 12.2 Å². The van der Waals surface area contributed by atoms with Gasteiger partial charge in [-0.15, -0.1) is 0 Å². The SMILES string of the molecule is CC(C/C=C/C(O)(C(F)(F)F)C(F)(F)F)C1CCC2C3C[C@H](O)[C@@H]4C[C@H](O)CCC4(C)C3CCC12C. The van der Waals surface area contributed by atoms with Crippen LogP contribution in [-0.2, 0) is 0 Å². The summed E-state index contributed by atoms with van der Waals surface area (Å²) in [5, 5.41) is 30.7. The quantitative estimate of drug-likeness (QED) is 0.293. The maximum absolute atomic E-state index is 13.0. The molecule has 4 saturated carbocycles. The van der Waals surface area contributed by atoms with Gasteiger partial charge in [-0.2, -0.15) is 26.3 Å². The minimum absolute atomic E-state index is 0.0189. The fourth-order valence-corrected chi connectivity index (χ4v) is 9.22. The fourth-order valence-electron chi connectivity index (χ4n) is 9.22. The molecular formula is C27H40F6O3. The van der Waals surface area contributed by atoms with Crippen LogP contribution < -0.4 is 0 Å². The molecule has 0 bridgehead atoms. The van der Waals surface area contributed by atoms with Crippen LogP contribution in [0, 0.1) is 46.3 Å². The molecule has 4 fully saturated rings. The Morgan fingerprint density at radius 1 is 0.833 bits per heavy atom. The summed E-state index contributed by atoms with van der Waals surface area (Å²) in [6, 6.07) is 0. The van der Waals surface area contributed by atoms with Crippen molar-refractivity contribution in [3.8, 4) is 0 Å². The number of allylic oxidation sites excluding steroid dienone is 1. The molecule has 0 aromatic heterocycles. The molecule has 9 heteroatoms. The molecule has 4 aliphatic rings. The first kappa shape index (κ1) is 28.2. The van der Waals surface area contributed by atoms with Crippen LogP contribution >= 0.6 is 0 Å². The van der Waals surface area contributed by atoms with Gasteiger partial charge in [-0.05, 0) is 110 Å². The number of aliphatic hydroxyl groups is 3. The van der Waals surface area contributed by atoms with Crippen molar-refractivity contribution in [1.82, 2.24) is 0 Å². The molecule has 0 saturated heterocycles. The van der Waals surface area contributed by atoms with Gasteiger partial charge in [0.15, 0.2) is 0 Å². The molecule has 4 rings (SSSR count). The molecule has 0 spiro atoms. The first-order valence-electron chi connectivity index (χ1n) is 13.4. The summed E-state index contributed by atoms with van der Waals surface area (Å²) in [6.07, 6.45) is -5.06. The predicted octanol–water partition coefficient (Wildman–Crippen LogP) is 6.42. The highest BCUT2D eigenvalue weighted by Crippen LogP contribution is 2.68. The van der Waals surface area contributed by atoms with Crippen molar-refractivity contribution in [1.29, 1.82) is 0 Å². The molecule has 0 aromatic rings. The van der Waals surface area contributed by atoms with E-state index < -0.39 is 24.1 Å². The molecule has 4 aliphatic carbocycles. The molecule has 3 N–H and O–H groups in total. The predicted molar refractivity (Wildman–Crippen MR) is 123 cm³/mol. The van der Waals surface area contributed by atoms with Crippen LogP contribution in [0.25, 0.3) is 0 Å². The lowest BCUT2D eigenvalue weighted by atomic mass is 9.44. The monoisotopic (exact) mass is 526 g/mol. The van der Waals surface area contributed by atoms with Gasteiger partial charge in [-0.25, -0.2) is 0 Å². The number of hydrogen-bond acceptors (Lipinski definition) is 3. The lowest BCUT2D eigenvalue weighted by Crippen LogP contribution is -2.58. The normalized spacial score (nSPS) is 44.7. The zero-order valence-electron chi connectivity index (χ0n) is 21.2. The average molecular weight is 527 g/mol. The minimum atomic E-state index is -5.85. The molecule has 7 unspecified atom stereocenters. The van der Waals surface area contributed by atoms with Gasteiger partial charge in [0.2, 0.25) is 0 Å². The van der Waals surface area contributed by atoms with Gasteiger partial charge in [0, 0.05) is 0 Å². The van der Waals surface area contributed by atoms with E-state index in [-0.39, 0.29) is 47.2 Å². The summed E-state index contributed by atoms with van der Waals surface area (Å²) in [7, 11) is 0. The number of halogens is 6. The zero-order chi connectivity index (χ0) is 26.9. The average Bonchev–Trinajstić information content (AvgIpc) is 3.11. The van der Waals surface area contributed by atoms with E-state index in [1.54, 1.807) is 0 Å². The van der Waals surface area contributed by atoms with Crippen molar-refractivity contribution in [3.05, 3.63) is 12.2 Å². The Morgan fingerprint density at radius 3 is 2.03 bits per heavy atom. The van der Waals surface area contributed by atoms with Gasteiger partial charge in [-0.1, -0.05) is 26.8 Å².